The third kappa shape index (κ3) is 4.34. The molecule has 0 aliphatic heterocycles. The highest BCUT2D eigenvalue weighted by molar-refractivity contribution is 7.92. The van der Waals surface area contributed by atoms with Crippen LogP contribution in [-0.2, 0) is 20.2 Å². The number of hydrogen-bond acceptors (Lipinski definition) is 5. The van der Waals surface area contributed by atoms with Crippen molar-refractivity contribution in [3.8, 4) is 0 Å². The smallest absolute Gasteiger partial charge is 0.264 e. The quantitative estimate of drug-likeness (QED) is 0.666. The zero-order valence-corrected chi connectivity index (χ0v) is 16.3. The molecular formula is C20H20N4O3S. The molecule has 0 unspecified atom stereocenters. The maximum Gasteiger partial charge on any atom is 0.264 e. The molecule has 0 aliphatic rings. The first kappa shape index (κ1) is 19.5. The van der Waals surface area contributed by atoms with Crippen LogP contribution in [0.25, 0.3) is 0 Å². The largest absolute Gasteiger partial charge is 0.325 e. The van der Waals surface area contributed by atoms with Crippen molar-refractivity contribution < 1.29 is 13.2 Å². The molecule has 0 radical (unpaired) electrons. The lowest BCUT2D eigenvalue weighted by Crippen LogP contribution is -2.34. The summed E-state index contributed by atoms with van der Waals surface area (Å²) >= 11 is 0. The summed E-state index contributed by atoms with van der Waals surface area (Å²) in [5.74, 6) is -0.199. The van der Waals surface area contributed by atoms with Crippen molar-refractivity contribution in [3.63, 3.8) is 0 Å². The fourth-order valence-electron chi connectivity index (χ4n) is 2.52. The molecule has 144 valence electrons. The van der Waals surface area contributed by atoms with Crippen molar-refractivity contribution >= 4 is 27.6 Å². The van der Waals surface area contributed by atoms with E-state index in [1.165, 1.54) is 24.5 Å². The van der Waals surface area contributed by atoms with Crippen LogP contribution in [0.2, 0.25) is 0 Å². The number of anilines is 2. The van der Waals surface area contributed by atoms with Crippen LogP contribution in [0.15, 0.2) is 78.0 Å². The maximum atomic E-state index is 12.7. The molecule has 3 rings (SSSR count). The number of amides is 1. The molecule has 1 heterocycles. The Morgan fingerprint density at radius 2 is 1.50 bits per heavy atom. The van der Waals surface area contributed by atoms with Crippen LogP contribution in [0.5, 0.6) is 0 Å². The number of carbonyl (C=O) groups is 1. The van der Waals surface area contributed by atoms with Gasteiger partial charge in [-0.3, -0.25) is 4.79 Å². The molecule has 1 aromatic heterocycles. The Balaban J connectivity index is 1.73. The van der Waals surface area contributed by atoms with E-state index in [9.17, 15) is 13.2 Å². The van der Waals surface area contributed by atoms with E-state index in [1.807, 2.05) is 44.2 Å². The molecule has 0 spiro atoms. The van der Waals surface area contributed by atoms with Crippen molar-refractivity contribution in [2.75, 3.05) is 10.0 Å². The molecule has 8 heteroatoms. The van der Waals surface area contributed by atoms with Gasteiger partial charge in [0.25, 0.3) is 10.0 Å². The van der Waals surface area contributed by atoms with Gasteiger partial charge in [0.2, 0.25) is 11.9 Å². The van der Waals surface area contributed by atoms with Crippen molar-refractivity contribution in [2.45, 2.75) is 24.2 Å². The average molecular weight is 396 g/mol. The summed E-state index contributed by atoms with van der Waals surface area (Å²) in [6.07, 6.45) is 2.88. The van der Waals surface area contributed by atoms with Crippen LogP contribution < -0.4 is 10.0 Å². The molecule has 28 heavy (non-hydrogen) atoms. The molecule has 0 fully saturated rings. The van der Waals surface area contributed by atoms with Gasteiger partial charge in [-0.2, -0.15) is 0 Å². The zero-order chi connectivity index (χ0) is 20.2. The van der Waals surface area contributed by atoms with Crippen LogP contribution in [-0.4, -0.2) is 24.3 Å². The second-order valence-corrected chi connectivity index (χ2v) is 8.33. The molecule has 7 nitrogen and oxygen atoms in total. The third-order valence-corrected chi connectivity index (χ3v) is 5.62. The van der Waals surface area contributed by atoms with Gasteiger partial charge < -0.3 is 5.32 Å². The van der Waals surface area contributed by atoms with Gasteiger partial charge in [-0.05, 0) is 49.7 Å². The van der Waals surface area contributed by atoms with E-state index >= 15 is 0 Å². The number of carbonyl (C=O) groups excluding carboxylic acids is 1. The first-order valence-corrected chi connectivity index (χ1v) is 10.0. The molecule has 1 amide bonds. The Morgan fingerprint density at radius 3 is 2.11 bits per heavy atom. The maximum absolute atomic E-state index is 12.7. The number of rotatable bonds is 6. The second-order valence-electron chi connectivity index (χ2n) is 6.65. The van der Waals surface area contributed by atoms with Gasteiger partial charge in [-0.1, -0.05) is 30.3 Å². The molecule has 3 aromatic rings. The summed E-state index contributed by atoms with van der Waals surface area (Å²) in [5.41, 5.74) is 0.653. The summed E-state index contributed by atoms with van der Waals surface area (Å²) in [6, 6.07) is 16.9. The van der Waals surface area contributed by atoms with Gasteiger partial charge in [0.1, 0.15) is 0 Å². The Hall–Kier alpha value is -3.26. The van der Waals surface area contributed by atoms with Gasteiger partial charge in [0.05, 0.1) is 10.3 Å². The summed E-state index contributed by atoms with van der Waals surface area (Å²) in [4.78, 5) is 20.4. The number of sulfonamides is 1. The predicted molar refractivity (Wildman–Crippen MR) is 107 cm³/mol. The fraction of sp³-hybridized carbons (Fsp3) is 0.150. The van der Waals surface area contributed by atoms with Crippen molar-refractivity contribution in [1.29, 1.82) is 0 Å². The van der Waals surface area contributed by atoms with E-state index in [0.717, 1.165) is 5.56 Å². The molecule has 0 atom stereocenters. The minimum Gasteiger partial charge on any atom is -0.325 e. The van der Waals surface area contributed by atoms with Crippen LogP contribution in [0.3, 0.4) is 0 Å². The normalized spacial score (nSPS) is 11.6. The molecule has 2 N–H and O–H groups in total. The lowest BCUT2D eigenvalue weighted by Gasteiger charge is -2.24. The highest BCUT2D eigenvalue weighted by Gasteiger charge is 2.29. The first-order chi connectivity index (χ1) is 13.3. The Kier molecular flexibility index (Phi) is 5.41. The van der Waals surface area contributed by atoms with E-state index in [-0.39, 0.29) is 16.8 Å². The van der Waals surface area contributed by atoms with Crippen LogP contribution >= 0.6 is 0 Å². The lowest BCUT2D eigenvalue weighted by atomic mass is 9.83. The molecule has 0 bridgehead atoms. The van der Waals surface area contributed by atoms with Crippen LogP contribution in [0.1, 0.15) is 19.4 Å². The summed E-state index contributed by atoms with van der Waals surface area (Å²) in [5, 5.41) is 2.83. The SMILES string of the molecule is CC(C)(C(=O)Nc1ccc(S(=O)(=O)Nc2ncccn2)cc1)c1ccccc1. The predicted octanol–water partition coefficient (Wildman–Crippen LogP) is 3.19. The Labute approximate surface area is 163 Å². The number of hydrogen-bond donors (Lipinski definition) is 2. The third-order valence-electron chi connectivity index (χ3n) is 4.28. The Morgan fingerprint density at radius 1 is 0.893 bits per heavy atom. The highest BCUT2D eigenvalue weighted by Crippen LogP contribution is 2.25. The number of aromatic nitrogens is 2. The highest BCUT2D eigenvalue weighted by atomic mass is 32.2. The van der Waals surface area contributed by atoms with E-state index < -0.39 is 15.4 Å². The van der Waals surface area contributed by atoms with Gasteiger partial charge in [-0.25, -0.2) is 23.1 Å². The van der Waals surface area contributed by atoms with Crippen molar-refractivity contribution in [1.82, 2.24) is 9.97 Å². The van der Waals surface area contributed by atoms with Gasteiger partial charge in [0, 0.05) is 18.1 Å². The molecule has 0 saturated heterocycles. The number of nitrogens with one attached hydrogen (secondary N) is 2. The summed E-state index contributed by atoms with van der Waals surface area (Å²) in [7, 11) is -3.82. The van der Waals surface area contributed by atoms with Crippen LogP contribution in [0, 0.1) is 0 Å². The summed E-state index contributed by atoms with van der Waals surface area (Å²) < 4.78 is 27.1. The lowest BCUT2D eigenvalue weighted by molar-refractivity contribution is -0.120. The minimum atomic E-state index is -3.82. The molecule has 2 aromatic carbocycles. The van der Waals surface area contributed by atoms with Crippen molar-refractivity contribution in [3.05, 3.63) is 78.6 Å². The van der Waals surface area contributed by atoms with E-state index in [2.05, 4.69) is 20.0 Å². The zero-order valence-electron chi connectivity index (χ0n) is 15.5. The minimum absolute atomic E-state index is 0.00973. The van der Waals surface area contributed by atoms with Crippen LogP contribution in [0.4, 0.5) is 11.6 Å². The van der Waals surface area contributed by atoms with Gasteiger partial charge in [-0.15, -0.1) is 0 Å². The van der Waals surface area contributed by atoms with E-state index in [1.54, 1.807) is 18.2 Å². The standard InChI is InChI=1S/C20H20N4O3S/c1-20(2,15-7-4-3-5-8-15)18(25)23-16-9-11-17(12-10-16)28(26,27)24-19-21-13-6-14-22-19/h3-14H,1-2H3,(H,23,25)(H,21,22,24). The topological polar surface area (TPSA) is 101 Å². The summed E-state index contributed by atoms with van der Waals surface area (Å²) in [6.45, 7) is 3.67. The second kappa shape index (κ2) is 7.77. The Bertz CT molecular complexity index is 1050. The first-order valence-electron chi connectivity index (χ1n) is 8.56. The molecule has 0 saturated carbocycles. The van der Waals surface area contributed by atoms with E-state index in [4.69, 9.17) is 0 Å². The monoisotopic (exact) mass is 396 g/mol. The molecule has 0 aliphatic carbocycles. The number of nitrogens with zero attached hydrogens (tertiary/aromatic N) is 2. The molecular weight excluding hydrogens is 376 g/mol. The van der Waals surface area contributed by atoms with Crippen molar-refractivity contribution in [2.24, 2.45) is 0 Å². The number of benzene rings is 2. The van der Waals surface area contributed by atoms with E-state index in [0.29, 0.717) is 5.69 Å². The fourth-order valence-corrected chi connectivity index (χ4v) is 3.48. The average Bonchev–Trinajstić information content (AvgIpc) is 2.69. The van der Waals surface area contributed by atoms with Gasteiger partial charge >= 0.3 is 0 Å². The van der Waals surface area contributed by atoms with Gasteiger partial charge in [0.15, 0.2) is 0 Å².